The maximum atomic E-state index is 13.2. The summed E-state index contributed by atoms with van der Waals surface area (Å²) in [5.74, 6) is -5.39. The van der Waals surface area contributed by atoms with Crippen molar-refractivity contribution in [2.24, 2.45) is 0 Å². The standard InChI is InChI=1S/C34H22O9/c35-23-9-1-19(2-10-23)27-17-29(39)41-33(27)31(21-5-13-25(37)14-6-21)32(22-7-15-26(38)16-8-22)34(43-33)28(18-30(40)42-34)20-3-11-24(36)12-4-20/h1-18,35-38H. The van der Waals surface area contributed by atoms with Crippen molar-refractivity contribution in [2.45, 2.75) is 11.6 Å². The summed E-state index contributed by atoms with van der Waals surface area (Å²) in [6.07, 6.45) is 2.56. The lowest BCUT2D eigenvalue weighted by molar-refractivity contribution is -0.232. The number of phenolic OH excluding ortho intramolecular Hbond substituents is 4. The molecule has 4 aromatic rings. The zero-order valence-electron chi connectivity index (χ0n) is 22.2. The van der Waals surface area contributed by atoms with Gasteiger partial charge in [-0.1, -0.05) is 48.5 Å². The summed E-state index contributed by atoms with van der Waals surface area (Å²) in [6.45, 7) is 0. The van der Waals surface area contributed by atoms with Crippen LogP contribution in [0.4, 0.5) is 0 Å². The molecule has 0 saturated heterocycles. The van der Waals surface area contributed by atoms with Gasteiger partial charge in [-0.25, -0.2) is 9.59 Å². The zero-order chi connectivity index (χ0) is 29.9. The summed E-state index contributed by atoms with van der Waals surface area (Å²) >= 11 is 0. The van der Waals surface area contributed by atoms with Crippen LogP contribution in [-0.2, 0) is 23.8 Å². The first kappa shape index (κ1) is 26.1. The highest BCUT2D eigenvalue weighted by Gasteiger charge is 2.67. The number of hydrogen-bond donors (Lipinski definition) is 4. The Morgan fingerprint density at radius 2 is 0.698 bits per heavy atom. The molecule has 3 aliphatic heterocycles. The Labute approximate surface area is 244 Å². The maximum Gasteiger partial charge on any atom is 0.334 e. The maximum absolute atomic E-state index is 13.2. The minimum Gasteiger partial charge on any atom is -0.508 e. The third kappa shape index (κ3) is 4.05. The lowest BCUT2D eigenvalue weighted by Crippen LogP contribution is -2.41. The number of hydrogen-bond acceptors (Lipinski definition) is 9. The number of carbonyl (C=O) groups excluding carboxylic acids is 2. The van der Waals surface area contributed by atoms with E-state index in [0.29, 0.717) is 33.4 Å². The quantitative estimate of drug-likeness (QED) is 0.244. The fraction of sp³-hybridized carbons (Fsp3) is 0.0588. The van der Waals surface area contributed by atoms with E-state index >= 15 is 0 Å². The molecule has 9 heteroatoms. The third-order valence-corrected chi connectivity index (χ3v) is 7.59. The second-order valence-electron chi connectivity index (χ2n) is 10.2. The van der Waals surface area contributed by atoms with Crippen LogP contribution in [0.1, 0.15) is 22.3 Å². The van der Waals surface area contributed by atoms with Crippen molar-refractivity contribution in [2.75, 3.05) is 0 Å². The van der Waals surface area contributed by atoms with Crippen LogP contribution in [0.3, 0.4) is 0 Å². The van der Waals surface area contributed by atoms with Crippen molar-refractivity contribution in [3.63, 3.8) is 0 Å². The first-order chi connectivity index (χ1) is 20.7. The van der Waals surface area contributed by atoms with Gasteiger partial charge < -0.3 is 29.9 Å². The molecule has 3 heterocycles. The minimum absolute atomic E-state index is 0.00657. The van der Waals surface area contributed by atoms with Crippen LogP contribution in [0.25, 0.3) is 22.3 Å². The molecule has 4 aromatic carbocycles. The van der Waals surface area contributed by atoms with Crippen molar-refractivity contribution >= 4 is 34.2 Å². The van der Waals surface area contributed by atoms with Gasteiger partial charge in [-0.3, -0.25) is 4.74 Å². The summed E-state index contributed by atoms with van der Waals surface area (Å²) in [5, 5.41) is 40.2. The lowest BCUT2D eigenvalue weighted by atomic mass is 9.81. The second-order valence-corrected chi connectivity index (χ2v) is 10.2. The Kier molecular flexibility index (Phi) is 5.69. The van der Waals surface area contributed by atoms with E-state index in [-0.39, 0.29) is 34.1 Å². The number of phenols is 4. The van der Waals surface area contributed by atoms with E-state index in [1.165, 1.54) is 60.7 Å². The number of esters is 2. The van der Waals surface area contributed by atoms with Crippen LogP contribution < -0.4 is 0 Å². The van der Waals surface area contributed by atoms with Crippen LogP contribution >= 0.6 is 0 Å². The van der Waals surface area contributed by atoms with E-state index in [1.54, 1.807) is 48.5 Å². The predicted molar refractivity (Wildman–Crippen MR) is 154 cm³/mol. The van der Waals surface area contributed by atoms with Gasteiger partial charge in [0.25, 0.3) is 11.6 Å². The summed E-state index contributed by atoms with van der Waals surface area (Å²) in [4.78, 5) is 26.3. The molecular weight excluding hydrogens is 552 g/mol. The van der Waals surface area contributed by atoms with Gasteiger partial charge in [0.05, 0.1) is 0 Å². The average Bonchev–Trinajstić information content (AvgIpc) is 3.59. The smallest absolute Gasteiger partial charge is 0.334 e. The van der Waals surface area contributed by atoms with Crippen molar-refractivity contribution in [3.05, 3.63) is 131 Å². The third-order valence-electron chi connectivity index (χ3n) is 7.59. The molecule has 0 fully saturated rings. The van der Waals surface area contributed by atoms with Crippen LogP contribution in [0.5, 0.6) is 23.0 Å². The van der Waals surface area contributed by atoms with Gasteiger partial charge in [0.2, 0.25) is 0 Å². The molecule has 0 amide bonds. The van der Waals surface area contributed by atoms with E-state index in [9.17, 15) is 30.0 Å². The molecule has 2 unspecified atom stereocenters. The molecule has 43 heavy (non-hydrogen) atoms. The Bertz CT molecular complexity index is 1740. The first-order valence-electron chi connectivity index (χ1n) is 13.2. The molecule has 2 spiro atoms. The van der Waals surface area contributed by atoms with Gasteiger partial charge in [-0.05, 0) is 70.8 Å². The molecule has 0 bridgehead atoms. The highest BCUT2D eigenvalue weighted by atomic mass is 16.8. The van der Waals surface area contributed by atoms with E-state index in [2.05, 4.69) is 0 Å². The topological polar surface area (TPSA) is 143 Å². The molecule has 3 aliphatic rings. The van der Waals surface area contributed by atoms with E-state index in [1.807, 2.05) is 0 Å². The average molecular weight is 575 g/mol. The van der Waals surface area contributed by atoms with Crippen LogP contribution in [0.2, 0.25) is 0 Å². The van der Waals surface area contributed by atoms with Crippen LogP contribution in [0, 0.1) is 0 Å². The van der Waals surface area contributed by atoms with Crippen molar-refractivity contribution in [1.29, 1.82) is 0 Å². The largest absolute Gasteiger partial charge is 0.508 e. The molecule has 0 saturated carbocycles. The van der Waals surface area contributed by atoms with Crippen LogP contribution in [-0.4, -0.2) is 43.9 Å². The Morgan fingerprint density at radius 1 is 0.419 bits per heavy atom. The summed E-state index contributed by atoms with van der Waals surface area (Å²) < 4.78 is 19.0. The number of carbonyl (C=O) groups is 2. The highest BCUT2D eigenvalue weighted by molar-refractivity contribution is 6.16. The molecule has 0 aromatic heterocycles. The Morgan fingerprint density at radius 3 is 1.00 bits per heavy atom. The summed E-state index contributed by atoms with van der Waals surface area (Å²) in [7, 11) is 0. The number of aromatic hydroxyl groups is 4. The normalized spacial score (nSPS) is 22.6. The molecular formula is C34H22O9. The Balaban J connectivity index is 1.59. The molecule has 212 valence electrons. The number of rotatable bonds is 4. The Hall–Kier alpha value is -5.80. The van der Waals surface area contributed by atoms with Gasteiger partial charge in [-0.2, -0.15) is 0 Å². The summed E-state index contributed by atoms with van der Waals surface area (Å²) in [5.41, 5.74) is 3.10. The SMILES string of the molecule is O=C1C=C(c2ccc(O)cc2)C2(O1)OC1(OC(=O)C=C1c1ccc(O)cc1)C(c1ccc(O)cc1)=C2c1ccc(O)cc1. The second kappa shape index (κ2) is 9.37. The van der Waals surface area contributed by atoms with Gasteiger partial charge in [0.15, 0.2) is 0 Å². The van der Waals surface area contributed by atoms with Gasteiger partial charge in [0, 0.05) is 34.4 Å². The molecule has 0 aliphatic carbocycles. The highest BCUT2D eigenvalue weighted by Crippen LogP contribution is 2.63. The molecule has 4 N–H and O–H groups in total. The summed E-state index contributed by atoms with van der Waals surface area (Å²) in [6, 6.07) is 24.6. The molecule has 9 nitrogen and oxygen atoms in total. The van der Waals surface area contributed by atoms with E-state index in [0.717, 1.165) is 0 Å². The molecule has 0 radical (unpaired) electrons. The van der Waals surface area contributed by atoms with E-state index in [4.69, 9.17) is 14.2 Å². The van der Waals surface area contributed by atoms with Crippen molar-refractivity contribution in [3.8, 4) is 23.0 Å². The zero-order valence-corrected chi connectivity index (χ0v) is 22.2. The van der Waals surface area contributed by atoms with Gasteiger partial charge in [0.1, 0.15) is 23.0 Å². The van der Waals surface area contributed by atoms with Crippen molar-refractivity contribution < 1.29 is 44.2 Å². The van der Waals surface area contributed by atoms with Gasteiger partial charge >= 0.3 is 11.9 Å². The first-order valence-corrected chi connectivity index (χ1v) is 13.2. The van der Waals surface area contributed by atoms with Crippen LogP contribution in [0.15, 0.2) is 109 Å². The monoisotopic (exact) mass is 574 g/mol. The van der Waals surface area contributed by atoms with Gasteiger partial charge in [-0.15, -0.1) is 0 Å². The molecule has 2 atom stereocenters. The fourth-order valence-corrected chi connectivity index (χ4v) is 5.79. The lowest BCUT2D eigenvalue weighted by Gasteiger charge is -2.34. The minimum atomic E-state index is -1.97. The fourth-order valence-electron chi connectivity index (χ4n) is 5.79. The number of benzene rings is 4. The van der Waals surface area contributed by atoms with E-state index < -0.39 is 23.5 Å². The predicted octanol–water partition coefficient (Wildman–Crippen LogP) is 5.12. The molecule has 7 rings (SSSR count). The number of ether oxygens (including phenoxy) is 3. The van der Waals surface area contributed by atoms with Crippen molar-refractivity contribution in [1.82, 2.24) is 0 Å².